The van der Waals surface area contributed by atoms with Crippen LogP contribution in [0.25, 0.3) is 0 Å². The quantitative estimate of drug-likeness (QED) is 0.755. The first-order valence-electron chi connectivity index (χ1n) is 4.03. The van der Waals surface area contributed by atoms with Crippen LogP contribution in [-0.4, -0.2) is 18.1 Å². The zero-order chi connectivity index (χ0) is 11.4. The maximum absolute atomic E-state index is 12.4. The minimum atomic E-state index is -2.71. The van der Waals surface area contributed by atoms with Crippen molar-refractivity contribution in [2.75, 3.05) is 7.11 Å². The van der Waals surface area contributed by atoms with E-state index in [0.29, 0.717) is 0 Å². The molecular weight excluding hydrogens is 228 g/mol. The summed E-state index contributed by atoms with van der Waals surface area (Å²) in [5, 5.41) is -0.134. The minimum Gasteiger partial charge on any atom is -0.469 e. The highest BCUT2D eigenvalue weighted by Crippen LogP contribution is 2.28. The zero-order valence-electron chi connectivity index (χ0n) is 7.84. The molecule has 0 aliphatic rings. The summed E-state index contributed by atoms with van der Waals surface area (Å²) in [7, 11) is 1.21. The fraction of sp³-hybridized carbons (Fsp3) is 0.333. The zero-order valence-corrected chi connectivity index (χ0v) is 8.59. The first kappa shape index (κ1) is 11.8. The monoisotopic (exact) mass is 235 g/mol. The summed E-state index contributed by atoms with van der Waals surface area (Å²) in [5.74, 6) is -0.551. The molecule has 6 heteroatoms. The van der Waals surface area contributed by atoms with Crippen molar-refractivity contribution >= 4 is 17.6 Å². The van der Waals surface area contributed by atoms with Crippen molar-refractivity contribution < 1.29 is 18.3 Å². The van der Waals surface area contributed by atoms with Crippen LogP contribution in [0.15, 0.2) is 12.4 Å². The summed E-state index contributed by atoms with van der Waals surface area (Å²) in [6.07, 6.45) is -0.621. The molecule has 0 saturated carbocycles. The van der Waals surface area contributed by atoms with Gasteiger partial charge < -0.3 is 4.74 Å². The SMILES string of the molecule is COC(=O)Cc1cncc(C(F)F)c1Cl. The molecule has 3 nitrogen and oxygen atoms in total. The Morgan fingerprint density at radius 3 is 2.80 bits per heavy atom. The Hall–Kier alpha value is -1.23. The molecule has 0 aromatic carbocycles. The van der Waals surface area contributed by atoms with Crippen molar-refractivity contribution in [3.8, 4) is 0 Å². The number of rotatable bonds is 3. The van der Waals surface area contributed by atoms with Gasteiger partial charge in [0, 0.05) is 18.0 Å². The number of hydrogen-bond donors (Lipinski definition) is 0. The summed E-state index contributed by atoms with van der Waals surface area (Å²) >= 11 is 5.68. The van der Waals surface area contributed by atoms with Gasteiger partial charge >= 0.3 is 5.97 Å². The molecule has 0 aliphatic carbocycles. The largest absolute Gasteiger partial charge is 0.469 e. The maximum atomic E-state index is 12.4. The van der Waals surface area contributed by atoms with Crippen molar-refractivity contribution in [2.24, 2.45) is 0 Å². The van der Waals surface area contributed by atoms with Crippen molar-refractivity contribution in [3.05, 3.63) is 28.5 Å². The standard InChI is InChI=1S/C9H8ClF2NO2/c1-15-7(14)2-5-3-13-4-6(8(5)10)9(11)12/h3-4,9H,2H2,1H3. The van der Waals surface area contributed by atoms with Crippen LogP contribution in [-0.2, 0) is 16.0 Å². The van der Waals surface area contributed by atoms with Gasteiger partial charge in [0.2, 0.25) is 0 Å². The third kappa shape index (κ3) is 2.86. The molecule has 15 heavy (non-hydrogen) atoms. The van der Waals surface area contributed by atoms with Gasteiger partial charge in [0.25, 0.3) is 6.43 Å². The second-order valence-corrected chi connectivity index (χ2v) is 3.13. The molecule has 82 valence electrons. The van der Waals surface area contributed by atoms with Gasteiger partial charge in [0.05, 0.1) is 24.1 Å². The van der Waals surface area contributed by atoms with Crippen LogP contribution in [0.4, 0.5) is 8.78 Å². The van der Waals surface area contributed by atoms with Crippen molar-refractivity contribution in [3.63, 3.8) is 0 Å². The number of halogens is 3. The Bertz CT molecular complexity index is 371. The third-order valence-electron chi connectivity index (χ3n) is 1.78. The lowest BCUT2D eigenvalue weighted by molar-refractivity contribution is -0.139. The number of hydrogen-bond acceptors (Lipinski definition) is 3. The van der Waals surface area contributed by atoms with Crippen LogP contribution in [0.3, 0.4) is 0 Å². The van der Waals surface area contributed by atoms with Gasteiger partial charge in [0.15, 0.2) is 0 Å². The highest BCUT2D eigenvalue weighted by Gasteiger charge is 2.16. The van der Waals surface area contributed by atoms with Crippen molar-refractivity contribution in [1.82, 2.24) is 4.98 Å². The van der Waals surface area contributed by atoms with Crippen LogP contribution in [0, 0.1) is 0 Å². The molecule has 0 spiro atoms. The van der Waals surface area contributed by atoms with E-state index in [1.807, 2.05) is 0 Å². The van der Waals surface area contributed by atoms with E-state index in [4.69, 9.17) is 11.6 Å². The van der Waals surface area contributed by atoms with E-state index < -0.39 is 12.4 Å². The topological polar surface area (TPSA) is 39.2 Å². The average molecular weight is 236 g/mol. The molecule has 0 radical (unpaired) electrons. The molecule has 0 N–H and O–H groups in total. The van der Waals surface area contributed by atoms with Crippen LogP contribution in [0.5, 0.6) is 0 Å². The Kier molecular flexibility index (Phi) is 3.96. The van der Waals surface area contributed by atoms with Gasteiger partial charge in [-0.2, -0.15) is 0 Å². The van der Waals surface area contributed by atoms with Crippen molar-refractivity contribution in [2.45, 2.75) is 12.8 Å². The number of aromatic nitrogens is 1. The molecule has 0 unspecified atom stereocenters. The maximum Gasteiger partial charge on any atom is 0.310 e. The minimum absolute atomic E-state index is 0.134. The molecule has 0 saturated heterocycles. The van der Waals surface area contributed by atoms with Gasteiger partial charge in [-0.15, -0.1) is 0 Å². The number of carbonyl (C=O) groups is 1. The number of alkyl halides is 2. The third-order valence-corrected chi connectivity index (χ3v) is 2.24. The number of pyridine rings is 1. The average Bonchev–Trinajstić information content (AvgIpc) is 2.20. The summed E-state index contributed by atoms with van der Waals surface area (Å²) in [6, 6.07) is 0. The molecule has 1 rings (SSSR count). The van der Waals surface area contributed by atoms with Gasteiger partial charge in [-0.1, -0.05) is 11.6 Å². The Balaban J connectivity index is 2.99. The number of nitrogens with zero attached hydrogens (tertiary/aromatic N) is 1. The van der Waals surface area contributed by atoms with E-state index in [2.05, 4.69) is 9.72 Å². The van der Waals surface area contributed by atoms with E-state index >= 15 is 0 Å². The molecular formula is C9H8ClF2NO2. The van der Waals surface area contributed by atoms with Gasteiger partial charge in [-0.05, 0) is 0 Å². The summed E-state index contributed by atoms with van der Waals surface area (Å²) in [4.78, 5) is 14.5. The number of carbonyl (C=O) groups excluding carboxylic acids is 1. The molecule has 0 aliphatic heterocycles. The Morgan fingerprint density at radius 1 is 1.60 bits per heavy atom. The van der Waals surface area contributed by atoms with E-state index in [9.17, 15) is 13.6 Å². The second kappa shape index (κ2) is 5.02. The first-order chi connectivity index (χ1) is 7.06. The smallest absolute Gasteiger partial charge is 0.310 e. The Morgan fingerprint density at radius 2 is 2.27 bits per heavy atom. The van der Waals surface area contributed by atoms with Gasteiger partial charge in [-0.3, -0.25) is 9.78 Å². The van der Waals surface area contributed by atoms with Crippen molar-refractivity contribution in [1.29, 1.82) is 0 Å². The van der Waals surface area contributed by atoms with E-state index in [0.717, 1.165) is 6.20 Å². The predicted molar refractivity (Wildman–Crippen MR) is 49.9 cm³/mol. The number of esters is 1. The summed E-state index contributed by atoms with van der Waals surface area (Å²) in [5.41, 5.74) is -0.139. The fourth-order valence-corrected chi connectivity index (χ4v) is 1.26. The van der Waals surface area contributed by atoms with Crippen LogP contribution in [0.2, 0.25) is 5.02 Å². The lowest BCUT2D eigenvalue weighted by atomic mass is 10.1. The van der Waals surface area contributed by atoms with E-state index in [-0.39, 0.29) is 22.6 Å². The van der Waals surface area contributed by atoms with Gasteiger partial charge in [-0.25, -0.2) is 8.78 Å². The molecule has 1 aromatic heterocycles. The predicted octanol–water partition coefficient (Wildman–Crippen LogP) is 2.39. The lowest BCUT2D eigenvalue weighted by Gasteiger charge is -2.06. The van der Waals surface area contributed by atoms with E-state index in [1.54, 1.807) is 0 Å². The Labute approximate surface area is 90.0 Å². The van der Waals surface area contributed by atoms with E-state index in [1.165, 1.54) is 13.3 Å². The normalized spacial score (nSPS) is 10.5. The fourth-order valence-electron chi connectivity index (χ4n) is 1.01. The van der Waals surface area contributed by atoms with Gasteiger partial charge in [0.1, 0.15) is 0 Å². The molecule has 0 bridgehead atoms. The van der Waals surface area contributed by atoms with Crippen LogP contribution in [0.1, 0.15) is 17.6 Å². The first-order valence-corrected chi connectivity index (χ1v) is 4.41. The summed E-state index contributed by atoms with van der Waals surface area (Å²) in [6.45, 7) is 0. The highest BCUT2D eigenvalue weighted by molar-refractivity contribution is 6.32. The number of ether oxygens (including phenoxy) is 1. The lowest BCUT2D eigenvalue weighted by Crippen LogP contribution is -2.06. The highest BCUT2D eigenvalue weighted by atomic mass is 35.5. The molecule has 0 amide bonds. The van der Waals surface area contributed by atoms with Crippen LogP contribution < -0.4 is 0 Å². The van der Waals surface area contributed by atoms with Crippen LogP contribution >= 0.6 is 11.6 Å². The second-order valence-electron chi connectivity index (χ2n) is 2.76. The molecule has 0 atom stereocenters. The molecule has 1 aromatic rings. The number of methoxy groups -OCH3 is 1. The summed E-state index contributed by atoms with van der Waals surface area (Å²) < 4.78 is 29.2. The molecule has 0 fully saturated rings. The molecule has 1 heterocycles.